The summed E-state index contributed by atoms with van der Waals surface area (Å²) >= 11 is 1.72. The SMILES string of the molecule is Nc1ccccc1CCSc1ccncn1. The van der Waals surface area contributed by atoms with E-state index >= 15 is 0 Å². The number of nitrogens with two attached hydrogens (primary N) is 1. The number of hydrogen-bond donors (Lipinski definition) is 1. The van der Waals surface area contributed by atoms with Crippen LogP contribution in [0, 0.1) is 0 Å². The number of para-hydroxylation sites is 1. The summed E-state index contributed by atoms with van der Waals surface area (Å²) in [7, 11) is 0. The number of nitrogens with zero attached hydrogens (tertiary/aromatic N) is 2. The van der Waals surface area contributed by atoms with Crippen molar-refractivity contribution in [1.29, 1.82) is 0 Å². The van der Waals surface area contributed by atoms with Gasteiger partial charge in [-0.3, -0.25) is 0 Å². The van der Waals surface area contributed by atoms with Gasteiger partial charge in [0.05, 0.1) is 5.03 Å². The molecule has 0 unspecified atom stereocenters. The first-order chi connectivity index (χ1) is 7.86. The maximum Gasteiger partial charge on any atom is 0.116 e. The summed E-state index contributed by atoms with van der Waals surface area (Å²) < 4.78 is 0. The molecule has 2 rings (SSSR count). The minimum Gasteiger partial charge on any atom is -0.399 e. The third kappa shape index (κ3) is 2.97. The van der Waals surface area contributed by atoms with E-state index in [1.807, 2.05) is 24.3 Å². The van der Waals surface area contributed by atoms with Crippen molar-refractivity contribution in [2.24, 2.45) is 0 Å². The maximum atomic E-state index is 5.87. The molecule has 82 valence electrons. The van der Waals surface area contributed by atoms with E-state index in [1.54, 1.807) is 24.3 Å². The van der Waals surface area contributed by atoms with E-state index in [4.69, 9.17) is 5.73 Å². The van der Waals surface area contributed by atoms with Crippen LogP contribution in [-0.2, 0) is 6.42 Å². The molecule has 0 saturated heterocycles. The quantitative estimate of drug-likeness (QED) is 0.498. The van der Waals surface area contributed by atoms with Crippen molar-refractivity contribution < 1.29 is 0 Å². The topological polar surface area (TPSA) is 51.8 Å². The summed E-state index contributed by atoms with van der Waals surface area (Å²) in [5.41, 5.74) is 7.93. The van der Waals surface area contributed by atoms with Crippen molar-refractivity contribution in [3.63, 3.8) is 0 Å². The molecule has 0 aliphatic carbocycles. The monoisotopic (exact) mass is 231 g/mol. The van der Waals surface area contributed by atoms with Crippen LogP contribution in [-0.4, -0.2) is 15.7 Å². The number of aryl methyl sites for hydroxylation is 1. The highest BCUT2D eigenvalue weighted by Gasteiger charge is 1.99. The Labute approximate surface area is 99.1 Å². The van der Waals surface area contributed by atoms with Crippen LogP contribution < -0.4 is 5.73 Å². The highest BCUT2D eigenvalue weighted by molar-refractivity contribution is 7.99. The molecule has 0 saturated carbocycles. The van der Waals surface area contributed by atoms with E-state index in [-0.39, 0.29) is 0 Å². The fourth-order valence-electron chi connectivity index (χ4n) is 1.39. The number of thioether (sulfide) groups is 1. The Kier molecular flexibility index (Phi) is 3.77. The molecule has 0 aliphatic rings. The Morgan fingerprint density at radius 3 is 2.81 bits per heavy atom. The van der Waals surface area contributed by atoms with Gasteiger partial charge in [-0.15, -0.1) is 11.8 Å². The van der Waals surface area contributed by atoms with Crippen LogP contribution in [0.25, 0.3) is 0 Å². The number of nitrogen functional groups attached to an aromatic ring is 1. The first-order valence-corrected chi connectivity index (χ1v) is 6.07. The second-order valence-electron chi connectivity index (χ2n) is 3.34. The van der Waals surface area contributed by atoms with E-state index < -0.39 is 0 Å². The Bertz CT molecular complexity index is 445. The Morgan fingerprint density at radius 2 is 2.06 bits per heavy atom. The van der Waals surface area contributed by atoms with Crippen molar-refractivity contribution in [3.8, 4) is 0 Å². The lowest BCUT2D eigenvalue weighted by molar-refractivity contribution is 1.04. The molecule has 2 aromatic rings. The maximum absolute atomic E-state index is 5.87. The number of benzene rings is 1. The molecule has 0 bridgehead atoms. The molecule has 0 atom stereocenters. The van der Waals surface area contributed by atoms with Crippen LogP contribution in [0.3, 0.4) is 0 Å². The molecular weight excluding hydrogens is 218 g/mol. The fourth-order valence-corrected chi connectivity index (χ4v) is 2.20. The van der Waals surface area contributed by atoms with Crippen LogP contribution in [0.4, 0.5) is 5.69 Å². The highest BCUT2D eigenvalue weighted by atomic mass is 32.2. The minimum absolute atomic E-state index is 0.866. The van der Waals surface area contributed by atoms with Crippen LogP contribution in [0.15, 0.2) is 47.9 Å². The lowest BCUT2D eigenvalue weighted by Crippen LogP contribution is -1.95. The van der Waals surface area contributed by atoms with Crippen molar-refractivity contribution >= 4 is 17.4 Å². The summed E-state index contributed by atoms with van der Waals surface area (Å²) in [6, 6.07) is 9.89. The van der Waals surface area contributed by atoms with E-state index in [0.29, 0.717) is 0 Å². The smallest absolute Gasteiger partial charge is 0.116 e. The highest BCUT2D eigenvalue weighted by Crippen LogP contribution is 2.18. The molecule has 2 N–H and O–H groups in total. The number of aromatic nitrogens is 2. The number of anilines is 1. The summed E-state index contributed by atoms with van der Waals surface area (Å²) in [6.45, 7) is 0. The zero-order valence-electron chi connectivity index (χ0n) is 8.84. The Morgan fingerprint density at radius 1 is 1.19 bits per heavy atom. The first kappa shape index (κ1) is 11.0. The van der Waals surface area contributed by atoms with Gasteiger partial charge in [-0.05, 0) is 24.1 Å². The van der Waals surface area contributed by atoms with Gasteiger partial charge >= 0.3 is 0 Å². The number of rotatable bonds is 4. The molecule has 0 aliphatic heterocycles. The lowest BCUT2D eigenvalue weighted by Gasteiger charge is -2.04. The fraction of sp³-hybridized carbons (Fsp3) is 0.167. The summed E-state index contributed by atoms with van der Waals surface area (Å²) in [4.78, 5) is 8.03. The average molecular weight is 231 g/mol. The van der Waals surface area contributed by atoms with E-state index in [1.165, 1.54) is 5.56 Å². The van der Waals surface area contributed by atoms with Gasteiger partial charge < -0.3 is 5.73 Å². The third-order valence-electron chi connectivity index (χ3n) is 2.23. The van der Waals surface area contributed by atoms with Gasteiger partial charge in [-0.25, -0.2) is 9.97 Å². The molecule has 0 amide bonds. The van der Waals surface area contributed by atoms with Crippen molar-refractivity contribution in [1.82, 2.24) is 9.97 Å². The van der Waals surface area contributed by atoms with Gasteiger partial charge in [-0.2, -0.15) is 0 Å². The Hall–Kier alpha value is -1.55. The van der Waals surface area contributed by atoms with E-state index in [2.05, 4.69) is 16.0 Å². The third-order valence-corrected chi connectivity index (χ3v) is 3.18. The van der Waals surface area contributed by atoms with Gasteiger partial charge in [0.1, 0.15) is 6.33 Å². The molecule has 1 aromatic heterocycles. The van der Waals surface area contributed by atoms with Crippen LogP contribution in [0.5, 0.6) is 0 Å². The summed E-state index contributed by atoms with van der Waals surface area (Å²) in [5, 5.41) is 1.00. The largest absolute Gasteiger partial charge is 0.399 e. The van der Waals surface area contributed by atoms with E-state index in [0.717, 1.165) is 22.9 Å². The molecule has 0 fully saturated rings. The molecule has 1 heterocycles. The molecule has 4 heteroatoms. The van der Waals surface area contributed by atoms with Crippen molar-refractivity contribution in [2.45, 2.75) is 11.4 Å². The average Bonchev–Trinajstić information content (AvgIpc) is 2.33. The van der Waals surface area contributed by atoms with Crippen molar-refractivity contribution in [3.05, 3.63) is 48.4 Å². The van der Waals surface area contributed by atoms with Crippen LogP contribution >= 0.6 is 11.8 Å². The van der Waals surface area contributed by atoms with Crippen LogP contribution in [0.1, 0.15) is 5.56 Å². The predicted molar refractivity (Wildman–Crippen MR) is 67.3 cm³/mol. The molecule has 1 aromatic carbocycles. The first-order valence-electron chi connectivity index (χ1n) is 5.08. The molecular formula is C12H13N3S. The standard InChI is InChI=1S/C12H13N3S/c13-11-4-2-1-3-10(11)6-8-16-12-5-7-14-9-15-12/h1-5,7,9H,6,8,13H2. The molecule has 0 radical (unpaired) electrons. The van der Waals surface area contributed by atoms with E-state index in [9.17, 15) is 0 Å². The minimum atomic E-state index is 0.866. The predicted octanol–water partition coefficient (Wildman–Crippen LogP) is 2.39. The summed E-state index contributed by atoms with van der Waals surface area (Å²) in [6.07, 6.45) is 4.28. The van der Waals surface area contributed by atoms with Crippen LogP contribution in [0.2, 0.25) is 0 Å². The van der Waals surface area contributed by atoms with Gasteiger partial charge in [0, 0.05) is 17.6 Å². The molecule has 0 spiro atoms. The van der Waals surface area contributed by atoms with Crippen molar-refractivity contribution in [2.75, 3.05) is 11.5 Å². The molecule has 3 nitrogen and oxygen atoms in total. The second kappa shape index (κ2) is 5.51. The Balaban J connectivity index is 1.87. The summed E-state index contributed by atoms with van der Waals surface area (Å²) in [5.74, 6) is 0.977. The zero-order valence-corrected chi connectivity index (χ0v) is 9.65. The van der Waals surface area contributed by atoms with Gasteiger partial charge in [0.25, 0.3) is 0 Å². The lowest BCUT2D eigenvalue weighted by atomic mass is 10.1. The second-order valence-corrected chi connectivity index (χ2v) is 4.46. The zero-order chi connectivity index (χ0) is 11.2. The number of hydrogen-bond acceptors (Lipinski definition) is 4. The van der Waals surface area contributed by atoms with Gasteiger partial charge in [0.2, 0.25) is 0 Å². The molecule has 16 heavy (non-hydrogen) atoms. The van der Waals surface area contributed by atoms with Gasteiger partial charge in [-0.1, -0.05) is 18.2 Å². The van der Waals surface area contributed by atoms with Gasteiger partial charge in [0.15, 0.2) is 0 Å². The normalized spacial score (nSPS) is 10.2.